The Hall–Kier alpha value is -4.08. The minimum absolute atomic E-state index is 0.257. The van der Waals surface area contributed by atoms with E-state index < -0.39 is 0 Å². The van der Waals surface area contributed by atoms with Gasteiger partial charge in [0, 0.05) is 19.3 Å². The highest BCUT2D eigenvalue weighted by Gasteiger charge is 2.10. The van der Waals surface area contributed by atoms with E-state index in [1.165, 1.54) is 11.0 Å². The largest absolute Gasteiger partial charge is 0.367 e. The topological polar surface area (TPSA) is 115 Å². The molecule has 4 rings (SSSR count). The molecule has 29 heavy (non-hydrogen) atoms. The van der Waals surface area contributed by atoms with Crippen LogP contribution in [0, 0.1) is 6.92 Å². The Bertz CT molecular complexity index is 1090. The first-order valence-electron chi connectivity index (χ1n) is 9.05. The predicted octanol–water partition coefficient (Wildman–Crippen LogP) is 1.39. The second-order valence-electron chi connectivity index (χ2n) is 6.22. The van der Waals surface area contributed by atoms with Crippen LogP contribution >= 0.6 is 0 Å². The number of hydrogen-bond donors (Lipinski definition) is 2. The van der Waals surface area contributed by atoms with Gasteiger partial charge in [0.1, 0.15) is 5.82 Å². The lowest BCUT2D eigenvalue weighted by molar-refractivity contribution is 0.0950. The van der Waals surface area contributed by atoms with Crippen LogP contribution < -0.4 is 10.6 Å². The van der Waals surface area contributed by atoms with Gasteiger partial charge in [-0.25, -0.2) is 4.68 Å². The second-order valence-corrected chi connectivity index (χ2v) is 6.22. The first-order valence-corrected chi connectivity index (χ1v) is 9.05. The molecule has 0 saturated heterocycles. The van der Waals surface area contributed by atoms with Gasteiger partial charge in [0.05, 0.1) is 17.6 Å². The zero-order valence-corrected chi connectivity index (χ0v) is 15.7. The molecule has 0 atom stereocenters. The summed E-state index contributed by atoms with van der Waals surface area (Å²) in [5, 5.41) is 26.8. The van der Waals surface area contributed by atoms with E-state index in [0.29, 0.717) is 24.7 Å². The molecule has 0 aliphatic rings. The van der Waals surface area contributed by atoms with Crippen LogP contribution in [0.3, 0.4) is 0 Å². The minimum Gasteiger partial charge on any atom is -0.367 e. The van der Waals surface area contributed by atoms with E-state index in [1.54, 1.807) is 4.68 Å². The van der Waals surface area contributed by atoms with E-state index in [0.717, 1.165) is 11.4 Å². The summed E-state index contributed by atoms with van der Waals surface area (Å²) in [5.41, 5.74) is 1.96. The summed E-state index contributed by atoms with van der Waals surface area (Å²) in [5.74, 6) is 0.963. The monoisotopic (exact) mass is 389 g/mol. The number of amides is 1. The molecule has 2 N–H and O–H groups in total. The molecule has 146 valence electrons. The SMILES string of the molecule is Cc1ccn(-c2ccc(NCCNC(=O)c3cnn(-c4ccccc4)n3)nn2)n1. The van der Waals surface area contributed by atoms with E-state index in [2.05, 4.69) is 36.1 Å². The fourth-order valence-corrected chi connectivity index (χ4v) is 2.59. The van der Waals surface area contributed by atoms with Crippen molar-refractivity contribution in [1.29, 1.82) is 0 Å². The maximum atomic E-state index is 12.2. The molecule has 3 aromatic heterocycles. The van der Waals surface area contributed by atoms with Crippen molar-refractivity contribution in [3.8, 4) is 11.5 Å². The lowest BCUT2D eigenvalue weighted by Gasteiger charge is -2.06. The van der Waals surface area contributed by atoms with Crippen LogP contribution in [0.25, 0.3) is 11.5 Å². The summed E-state index contributed by atoms with van der Waals surface area (Å²) in [6, 6.07) is 14.9. The lowest BCUT2D eigenvalue weighted by atomic mass is 10.3. The van der Waals surface area contributed by atoms with Gasteiger partial charge in [0.25, 0.3) is 5.91 Å². The standard InChI is InChI=1S/C19H19N9O/c1-14-9-12-27(25-14)18-8-7-17(23-24-18)20-10-11-21-19(29)16-13-22-28(26-16)15-5-3-2-4-6-15/h2-9,12-13H,10-11H2,1H3,(H,20,23)(H,21,29). The summed E-state index contributed by atoms with van der Waals surface area (Å²) in [6.45, 7) is 2.81. The molecule has 0 unspecified atom stereocenters. The summed E-state index contributed by atoms with van der Waals surface area (Å²) in [4.78, 5) is 13.6. The molecule has 10 heteroatoms. The van der Waals surface area contributed by atoms with Crippen LogP contribution in [0.1, 0.15) is 16.2 Å². The van der Waals surface area contributed by atoms with Crippen molar-refractivity contribution in [2.45, 2.75) is 6.92 Å². The summed E-state index contributed by atoms with van der Waals surface area (Å²) in [7, 11) is 0. The number of hydrogen-bond acceptors (Lipinski definition) is 7. The normalized spacial score (nSPS) is 10.7. The van der Waals surface area contributed by atoms with Crippen molar-refractivity contribution >= 4 is 11.7 Å². The third-order valence-electron chi connectivity index (χ3n) is 4.04. The Labute approximate surface area is 166 Å². The molecule has 1 aromatic carbocycles. The third-order valence-corrected chi connectivity index (χ3v) is 4.04. The lowest BCUT2D eigenvalue weighted by Crippen LogP contribution is -2.29. The molecular weight excluding hydrogens is 370 g/mol. The van der Waals surface area contributed by atoms with Crippen LogP contribution in [0.5, 0.6) is 0 Å². The minimum atomic E-state index is -0.288. The van der Waals surface area contributed by atoms with Crippen LogP contribution in [0.15, 0.2) is 60.9 Å². The Kier molecular flexibility index (Phi) is 5.23. The van der Waals surface area contributed by atoms with Crippen molar-refractivity contribution in [3.05, 3.63) is 72.3 Å². The number of anilines is 1. The average molecular weight is 389 g/mol. The quantitative estimate of drug-likeness (QED) is 0.459. The molecule has 0 aliphatic heterocycles. The Balaban J connectivity index is 1.25. The van der Waals surface area contributed by atoms with Gasteiger partial charge in [0.2, 0.25) is 0 Å². The number of para-hydroxylation sites is 1. The number of nitrogens with one attached hydrogen (secondary N) is 2. The number of aromatic nitrogens is 7. The van der Waals surface area contributed by atoms with Gasteiger partial charge >= 0.3 is 0 Å². The van der Waals surface area contributed by atoms with Crippen molar-refractivity contribution in [2.24, 2.45) is 0 Å². The number of nitrogens with zero attached hydrogens (tertiary/aromatic N) is 7. The van der Waals surface area contributed by atoms with Gasteiger partial charge in [-0.1, -0.05) is 18.2 Å². The Morgan fingerprint density at radius 3 is 2.59 bits per heavy atom. The van der Waals surface area contributed by atoms with Crippen molar-refractivity contribution in [3.63, 3.8) is 0 Å². The maximum Gasteiger partial charge on any atom is 0.273 e. The number of carbonyl (C=O) groups excluding carboxylic acids is 1. The van der Waals surface area contributed by atoms with E-state index in [1.807, 2.05) is 61.7 Å². The molecule has 0 bridgehead atoms. The highest BCUT2D eigenvalue weighted by molar-refractivity contribution is 5.91. The van der Waals surface area contributed by atoms with E-state index in [9.17, 15) is 4.79 Å². The maximum absolute atomic E-state index is 12.2. The molecule has 0 fully saturated rings. The van der Waals surface area contributed by atoms with Gasteiger partial charge in [-0.05, 0) is 37.3 Å². The fourth-order valence-electron chi connectivity index (χ4n) is 2.59. The summed E-state index contributed by atoms with van der Waals surface area (Å²) < 4.78 is 1.66. The van der Waals surface area contributed by atoms with E-state index in [-0.39, 0.29) is 11.6 Å². The molecule has 0 spiro atoms. The van der Waals surface area contributed by atoms with Crippen molar-refractivity contribution in [2.75, 3.05) is 18.4 Å². The summed E-state index contributed by atoms with van der Waals surface area (Å²) in [6.07, 6.45) is 3.27. The number of rotatable bonds is 7. The molecule has 0 aliphatic carbocycles. The molecule has 10 nitrogen and oxygen atoms in total. The van der Waals surface area contributed by atoms with Gasteiger partial charge in [0.15, 0.2) is 11.5 Å². The van der Waals surface area contributed by atoms with Crippen LogP contribution in [-0.4, -0.2) is 54.0 Å². The smallest absolute Gasteiger partial charge is 0.273 e. The average Bonchev–Trinajstić information content (AvgIpc) is 3.42. The molecule has 1 amide bonds. The number of aryl methyl sites for hydroxylation is 1. The van der Waals surface area contributed by atoms with E-state index >= 15 is 0 Å². The number of carbonyl (C=O) groups is 1. The first-order chi connectivity index (χ1) is 14.2. The Morgan fingerprint density at radius 1 is 1.00 bits per heavy atom. The van der Waals surface area contributed by atoms with E-state index in [4.69, 9.17) is 0 Å². The number of benzene rings is 1. The highest BCUT2D eigenvalue weighted by Crippen LogP contribution is 2.07. The molecule has 3 heterocycles. The summed E-state index contributed by atoms with van der Waals surface area (Å²) >= 11 is 0. The van der Waals surface area contributed by atoms with Crippen LogP contribution in [-0.2, 0) is 0 Å². The Morgan fingerprint density at radius 2 is 1.86 bits per heavy atom. The highest BCUT2D eigenvalue weighted by atomic mass is 16.2. The molecule has 4 aromatic rings. The first kappa shape index (κ1) is 18.3. The van der Waals surface area contributed by atoms with Crippen LogP contribution in [0.4, 0.5) is 5.82 Å². The molecule has 0 saturated carbocycles. The third kappa shape index (κ3) is 4.43. The zero-order valence-electron chi connectivity index (χ0n) is 15.7. The van der Waals surface area contributed by atoms with Gasteiger partial charge in [-0.15, -0.1) is 15.3 Å². The van der Waals surface area contributed by atoms with Gasteiger partial charge < -0.3 is 10.6 Å². The fraction of sp³-hybridized carbons (Fsp3) is 0.158. The predicted molar refractivity (Wildman–Crippen MR) is 106 cm³/mol. The molecular formula is C19H19N9O. The van der Waals surface area contributed by atoms with Gasteiger partial charge in [-0.2, -0.15) is 15.0 Å². The van der Waals surface area contributed by atoms with Crippen LogP contribution in [0.2, 0.25) is 0 Å². The van der Waals surface area contributed by atoms with Crippen molar-refractivity contribution < 1.29 is 4.79 Å². The molecule has 0 radical (unpaired) electrons. The van der Waals surface area contributed by atoms with Crippen molar-refractivity contribution in [1.82, 2.24) is 40.3 Å². The zero-order chi connectivity index (χ0) is 20.1. The second kappa shape index (κ2) is 8.30. The van der Waals surface area contributed by atoms with Gasteiger partial charge in [-0.3, -0.25) is 4.79 Å².